The molecule has 0 aliphatic rings. The van der Waals surface area contributed by atoms with E-state index in [2.05, 4.69) is 5.32 Å². The number of anilines is 1. The highest BCUT2D eigenvalue weighted by Crippen LogP contribution is 2.12. The van der Waals surface area contributed by atoms with Crippen LogP contribution in [0.3, 0.4) is 0 Å². The van der Waals surface area contributed by atoms with Gasteiger partial charge in [-0.1, -0.05) is 47.5 Å². The summed E-state index contributed by atoms with van der Waals surface area (Å²) in [7, 11) is 0. The van der Waals surface area contributed by atoms with E-state index in [1.807, 2.05) is 62.4 Å². The first kappa shape index (κ1) is 13.3. The maximum atomic E-state index is 13.8. The Morgan fingerprint density at radius 2 is 1.47 bits per heavy atom. The number of rotatable bonds is 4. The summed E-state index contributed by atoms with van der Waals surface area (Å²) in [6.07, 6.45) is 1.56. The van der Waals surface area contributed by atoms with Gasteiger partial charge in [0.1, 0.15) is 5.83 Å². The molecule has 2 aromatic carbocycles. The van der Waals surface area contributed by atoms with Gasteiger partial charge in [-0.15, -0.1) is 0 Å². The number of halogens is 1. The minimum atomic E-state index is -0.176. The summed E-state index contributed by atoms with van der Waals surface area (Å²) in [5.74, 6) is -0.176. The molecule has 0 bridgehead atoms. The quantitative estimate of drug-likeness (QED) is 0.833. The fourth-order valence-corrected chi connectivity index (χ4v) is 1.75. The Bertz CT molecular complexity index is 553. The third-order valence-corrected chi connectivity index (χ3v) is 2.91. The lowest BCUT2D eigenvalue weighted by Crippen LogP contribution is -2.01. The second kappa shape index (κ2) is 6.19. The molecule has 0 aliphatic carbocycles. The van der Waals surface area contributed by atoms with Crippen LogP contribution in [0.15, 0.2) is 54.4 Å². The Morgan fingerprint density at radius 3 is 2.05 bits per heavy atom. The van der Waals surface area contributed by atoms with Crippen LogP contribution < -0.4 is 5.32 Å². The molecule has 0 saturated heterocycles. The predicted molar refractivity (Wildman–Crippen MR) is 79.9 cm³/mol. The van der Waals surface area contributed by atoms with Gasteiger partial charge in [-0.25, -0.2) is 4.39 Å². The molecule has 0 fully saturated rings. The van der Waals surface area contributed by atoms with E-state index in [9.17, 15) is 4.39 Å². The topological polar surface area (TPSA) is 12.0 Å². The first-order chi connectivity index (χ1) is 9.13. The number of hydrogen-bond acceptors (Lipinski definition) is 1. The van der Waals surface area contributed by atoms with Gasteiger partial charge in [-0.3, -0.25) is 0 Å². The largest absolute Gasteiger partial charge is 0.379 e. The van der Waals surface area contributed by atoms with Gasteiger partial charge in [0.2, 0.25) is 0 Å². The van der Waals surface area contributed by atoms with Gasteiger partial charge in [0.15, 0.2) is 0 Å². The minimum absolute atomic E-state index is 0.176. The molecular weight excluding hydrogens is 237 g/mol. The van der Waals surface area contributed by atoms with E-state index in [1.165, 1.54) is 11.1 Å². The van der Waals surface area contributed by atoms with Crippen LogP contribution in [0, 0.1) is 13.8 Å². The highest BCUT2D eigenvalue weighted by Gasteiger charge is 1.97. The minimum Gasteiger partial charge on any atom is -0.379 e. The summed E-state index contributed by atoms with van der Waals surface area (Å²) in [5, 5.41) is 3.06. The average Bonchev–Trinajstić information content (AvgIpc) is 2.41. The Hall–Kier alpha value is -2.09. The maximum absolute atomic E-state index is 13.8. The van der Waals surface area contributed by atoms with Crippen molar-refractivity contribution in [1.82, 2.24) is 0 Å². The summed E-state index contributed by atoms with van der Waals surface area (Å²) < 4.78 is 13.8. The van der Waals surface area contributed by atoms with E-state index in [4.69, 9.17) is 0 Å². The van der Waals surface area contributed by atoms with Crippen molar-refractivity contribution in [2.24, 2.45) is 0 Å². The normalized spacial score (nSPS) is 11.4. The SMILES string of the molecule is Cc1ccc(/C=C(\F)CNc2ccc(C)cc2)cc1. The fourth-order valence-electron chi connectivity index (χ4n) is 1.75. The van der Waals surface area contributed by atoms with Gasteiger partial charge in [0, 0.05) is 5.69 Å². The lowest BCUT2D eigenvalue weighted by molar-refractivity contribution is 0.634. The Labute approximate surface area is 113 Å². The van der Waals surface area contributed by atoms with Crippen LogP contribution in [-0.4, -0.2) is 6.54 Å². The molecule has 0 radical (unpaired) electrons. The van der Waals surface area contributed by atoms with Crippen LogP contribution in [0.5, 0.6) is 0 Å². The molecule has 0 amide bonds. The van der Waals surface area contributed by atoms with Crippen LogP contribution in [0.4, 0.5) is 10.1 Å². The lowest BCUT2D eigenvalue weighted by atomic mass is 10.1. The molecule has 0 saturated carbocycles. The zero-order valence-corrected chi connectivity index (χ0v) is 11.3. The molecule has 98 valence electrons. The highest BCUT2D eigenvalue weighted by atomic mass is 19.1. The van der Waals surface area contributed by atoms with Crippen molar-refractivity contribution >= 4 is 11.8 Å². The van der Waals surface area contributed by atoms with E-state index in [1.54, 1.807) is 6.08 Å². The molecule has 19 heavy (non-hydrogen) atoms. The number of aryl methyl sites for hydroxylation is 2. The molecule has 0 aromatic heterocycles. The van der Waals surface area contributed by atoms with Crippen LogP contribution in [0.1, 0.15) is 16.7 Å². The summed E-state index contributed by atoms with van der Waals surface area (Å²) >= 11 is 0. The number of hydrogen-bond donors (Lipinski definition) is 1. The molecule has 0 aliphatic heterocycles. The molecular formula is C17H18FN. The summed E-state index contributed by atoms with van der Waals surface area (Å²) in [6, 6.07) is 15.7. The van der Waals surface area contributed by atoms with Gasteiger partial charge < -0.3 is 5.32 Å². The average molecular weight is 255 g/mol. The maximum Gasteiger partial charge on any atom is 0.120 e. The first-order valence-corrected chi connectivity index (χ1v) is 6.37. The Kier molecular flexibility index (Phi) is 4.35. The van der Waals surface area contributed by atoms with Crippen LogP contribution >= 0.6 is 0 Å². The van der Waals surface area contributed by atoms with Crippen molar-refractivity contribution < 1.29 is 4.39 Å². The molecule has 0 atom stereocenters. The molecule has 0 heterocycles. The molecule has 1 N–H and O–H groups in total. The van der Waals surface area contributed by atoms with Gasteiger partial charge in [-0.05, 0) is 37.6 Å². The summed E-state index contributed by atoms with van der Waals surface area (Å²) in [6.45, 7) is 4.25. The molecule has 2 aromatic rings. The van der Waals surface area contributed by atoms with Crippen molar-refractivity contribution in [2.45, 2.75) is 13.8 Å². The molecule has 0 unspecified atom stereocenters. The van der Waals surface area contributed by atoms with Gasteiger partial charge in [0.05, 0.1) is 6.54 Å². The molecule has 1 nitrogen and oxygen atoms in total. The Morgan fingerprint density at radius 1 is 0.947 bits per heavy atom. The number of nitrogens with one attached hydrogen (secondary N) is 1. The monoisotopic (exact) mass is 255 g/mol. The Balaban J connectivity index is 1.95. The van der Waals surface area contributed by atoms with Crippen molar-refractivity contribution in [2.75, 3.05) is 11.9 Å². The van der Waals surface area contributed by atoms with Gasteiger partial charge in [0.25, 0.3) is 0 Å². The second-order valence-electron chi connectivity index (χ2n) is 4.72. The summed E-state index contributed by atoms with van der Waals surface area (Å²) in [4.78, 5) is 0. The first-order valence-electron chi connectivity index (χ1n) is 6.37. The van der Waals surface area contributed by atoms with E-state index in [0.29, 0.717) is 0 Å². The number of benzene rings is 2. The van der Waals surface area contributed by atoms with Gasteiger partial charge in [-0.2, -0.15) is 0 Å². The van der Waals surface area contributed by atoms with Crippen molar-refractivity contribution in [3.05, 3.63) is 71.0 Å². The smallest absolute Gasteiger partial charge is 0.120 e. The lowest BCUT2D eigenvalue weighted by Gasteiger charge is -2.05. The van der Waals surface area contributed by atoms with Crippen molar-refractivity contribution in [1.29, 1.82) is 0 Å². The van der Waals surface area contributed by atoms with Crippen molar-refractivity contribution in [3.63, 3.8) is 0 Å². The van der Waals surface area contributed by atoms with Crippen molar-refractivity contribution in [3.8, 4) is 0 Å². The third kappa shape index (κ3) is 4.25. The van der Waals surface area contributed by atoms with Gasteiger partial charge >= 0.3 is 0 Å². The van der Waals surface area contributed by atoms with E-state index in [-0.39, 0.29) is 12.4 Å². The van der Waals surface area contributed by atoms with Crippen LogP contribution in [0.2, 0.25) is 0 Å². The third-order valence-electron chi connectivity index (χ3n) is 2.91. The molecule has 2 rings (SSSR count). The standard InChI is InChI=1S/C17H18FN/c1-13-3-7-15(8-4-13)11-16(18)12-19-17-9-5-14(2)6-10-17/h3-11,19H,12H2,1-2H3/b16-11-. The molecule has 0 spiro atoms. The highest BCUT2D eigenvalue weighted by molar-refractivity contribution is 5.53. The van der Waals surface area contributed by atoms with Crippen LogP contribution in [-0.2, 0) is 0 Å². The van der Waals surface area contributed by atoms with E-state index >= 15 is 0 Å². The zero-order valence-electron chi connectivity index (χ0n) is 11.3. The fraction of sp³-hybridized carbons (Fsp3) is 0.176. The summed E-state index contributed by atoms with van der Waals surface area (Å²) in [5.41, 5.74) is 4.18. The van der Waals surface area contributed by atoms with Crippen LogP contribution in [0.25, 0.3) is 6.08 Å². The second-order valence-corrected chi connectivity index (χ2v) is 4.72. The van der Waals surface area contributed by atoms with E-state index in [0.717, 1.165) is 11.3 Å². The molecule has 2 heteroatoms. The predicted octanol–water partition coefficient (Wildman–Crippen LogP) is 4.73. The van der Waals surface area contributed by atoms with E-state index < -0.39 is 0 Å². The zero-order chi connectivity index (χ0) is 13.7.